The molecule has 7 nitrogen and oxygen atoms in total. The Morgan fingerprint density at radius 2 is 1.83 bits per heavy atom. The normalized spacial score (nSPS) is 10.3. The fourth-order valence-corrected chi connectivity index (χ4v) is 2.23. The summed E-state index contributed by atoms with van der Waals surface area (Å²) < 4.78 is 15.7. The highest BCUT2D eigenvalue weighted by Crippen LogP contribution is 2.37. The van der Waals surface area contributed by atoms with Crippen LogP contribution in [0.15, 0.2) is 22.6 Å². The number of benzene rings is 1. The number of ether oxygens (including phenoxy) is 2. The van der Waals surface area contributed by atoms with Gasteiger partial charge in [0.25, 0.3) is 5.91 Å². The van der Waals surface area contributed by atoms with Crippen molar-refractivity contribution in [3.63, 3.8) is 0 Å². The number of methoxy groups -OCH3 is 2. The average Bonchev–Trinajstić information content (AvgIpc) is 2.84. The zero-order valence-corrected chi connectivity index (χ0v) is 13.2. The molecule has 2 rings (SSSR count). The Balaban J connectivity index is 2.45. The topological polar surface area (TPSA) is 98.0 Å². The van der Waals surface area contributed by atoms with E-state index in [0.29, 0.717) is 17.1 Å². The molecule has 0 atom stereocenters. The third-order valence-corrected chi connectivity index (χ3v) is 3.26. The highest BCUT2D eigenvalue weighted by atomic mass is 16.5. The molecule has 0 spiro atoms. The van der Waals surface area contributed by atoms with E-state index in [1.54, 1.807) is 19.9 Å². The number of aryl methyl sites for hydroxylation is 2. The van der Waals surface area contributed by atoms with Crippen LogP contribution in [0.2, 0.25) is 0 Å². The minimum Gasteiger partial charge on any atom is -0.493 e. The molecule has 2 N–H and O–H groups in total. The van der Waals surface area contributed by atoms with Crippen molar-refractivity contribution in [3.05, 3.63) is 40.8 Å². The van der Waals surface area contributed by atoms with Gasteiger partial charge >= 0.3 is 5.97 Å². The molecule has 0 aliphatic carbocycles. The van der Waals surface area contributed by atoms with Gasteiger partial charge in [0.15, 0.2) is 11.5 Å². The van der Waals surface area contributed by atoms with E-state index in [2.05, 4.69) is 5.32 Å². The first-order valence-electron chi connectivity index (χ1n) is 6.75. The zero-order valence-electron chi connectivity index (χ0n) is 13.2. The van der Waals surface area contributed by atoms with Crippen molar-refractivity contribution >= 4 is 17.6 Å². The number of hydrogen-bond donors (Lipinski definition) is 2. The van der Waals surface area contributed by atoms with Crippen LogP contribution in [0.3, 0.4) is 0 Å². The first-order chi connectivity index (χ1) is 10.9. The number of furan rings is 1. The number of carboxylic acids is 1. The van der Waals surface area contributed by atoms with E-state index in [4.69, 9.17) is 19.0 Å². The summed E-state index contributed by atoms with van der Waals surface area (Å²) in [5, 5.41) is 11.8. The van der Waals surface area contributed by atoms with Gasteiger partial charge < -0.3 is 24.3 Å². The molecule has 2 aromatic rings. The number of carboxylic acid groups (broad SMARTS) is 1. The molecular weight excluding hydrogens is 302 g/mol. The Hall–Kier alpha value is -2.96. The van der Waals surface area contributed by atoms with Gasteiger partial charge in [0, 0.05) is 0 Å². The van der Waals surface area contributed by atoms with E-state index < -0.39 is 11.9 Å². The first kappa shape index (κ1) is 16.4. The molecule has 0 fully saturated rings. The van der Waals surface area contributed by atoms with Gasteiger partial charge in [-0.3, -0.25) is 4.79 Å². The van der Waals surface area contributed by atoms with Gasteiger partial charge in [-0.15, -0.1) is 0 Å². The Labute approximate surface area is 132 Å². The highest BCUT2D eigenvalue weighted by Gasteiger charge is 2.20. The number of rotatable bonds is 5. The summed E-state index contributed by atoms with van der Waals surface area (Å²) in [4.78, 5) is 23.6. The largest absolute Gasteiger partial charge is 0.493 e. The van der Waals surface area contributed by atoms with Crippen molar-refractivity contribution in [3.8, 4) is 11.5 Å². The van der Waals surface area contributed by atoms with Gasteiger partial charge in [-0.1, -0.05) is 0 Å². The van der Waals surface area contributed by atoms with Crippen molar-refractivity contribution < 1.29 is 28.6 Å². The van der Waals surface area contributed by atoms with Crippen LogP contribution in [0.5, 0.6) is 11.5 Å². The van der Waals surface area contributed by atoms with Crippen LogP contribution >= 0.6 is 0 Å². The molecule has 0 saturated heterocycles. The van der Waals surface area contributed by atoms with Gasteiger partial charge in [-0.2, -0.15) is 0 Å². The lowest BCUT2D eigenvalue weighted by Crippen LogP contribution is -2.14. The molecule has 1 aromatic heterocycles. The lowest BCUT2D eigenvalue weighted by atomic mass is 10.1. The fraction of sp³-hybridized carbons (Fsp3) is 0.250. The van der Waals surface area contributed by atoms with Crippen LogP contribution in [0.1, 0.15) is 32.2 Å². The van der Waals surface area contributed by atoms with Crippen molar-refractivity contribution in [1.82, 2.24) is 0 Å². The summed E-state index contributed by atoms with van der Waals surface area (Å²) in [5.41, 5.74) is 0.537. The standard InChI is InChI=1S/C16H17NO6/c1-8-5-11(9(2)23-8)15(18)17-12-6-10(16(19)20)7-13(21-3)14(12)22-4/h5-7H,1-4H3,(H,17,18)(H,19,20). The highest BCUT2D eigenvalue weighted by molar-refractivity contribution is 6.06. The van der Waals surface area contributed by atoms with E-state index in [-0.39, 0.29) is 22.7 Å². The van der Waals surface area contributed by atoms with Crippen molar-refractivity contribution in [1.29, 1.82) is 0 Å². The molecule has 0 radical (unpaired) electrons. The van der Waals surface area contributed by atoms with E-state index in [9.17, 15) is 9.59 Å². The van der Waals surface area contributed by atoms with Crippen LogP contribution in [-0.4, -0.2) is 31.2 Å². The first-order valence-corrected chi connectivity index (χ1v) is 6.75. The molecule has 0 aliphatic heterocycles. The molecule has 0 saturated carbocycles. The van der Waals surface area contributed by atoms with Crippen LogP contribution in [-0.2, 0) is 0 Å². The van der Waals surface area contributed by atoms with Crippen LogP contribution in [0.25, 0.3) is 0 Å². The van der Waals surface area contributed by atoms with E-state index in [1.165, 1.54) is 26.4 Å². The third-order valence-electron chi connectivity index (χ3n) is 3.26. The minimum absolute atomic E-state index is 0.0296. The molecule has 7 heteroatoms. The molecule has 122 valence electrons. The molecular formula is C16H17NO6. The number of amides is 1. The quantitative estimate of drug-likeness (QED) is 0.879. The van der Waals surface area contributed by atoms with Crippen LogP contribution < -0.4 is 14.8 Å². The summed E-state index contributed by atoms with van der Waals surface area (Å²) in [5.74, 6) is -0.0395. The van der Waals surface area contributed by atoms with Crippen LogP contribution in [0, 0.1) is 13.8 Å². The fourth-order valence-electron chi connectivity index (χ4n) is 2.23. The number of nitrogens with one attached hydrogen (secondary N) is 1. The molecule has 1 amide bonds. The molecule has 0 unspecified atom stereocenters. The minimum atomic E-state index is -1.14. The van der Waals surface area contributed by atoms with Gasteiger partial charge in [-0.25, -0.2) is 4.79 Å². The van der Waals surface area contributed by atoms with Crippen LogP contribution in [0.4, 0.5) is 5.69 Å². The number of carbonyl (C=O) groups excluding carboxylic acids is 1. The monoisotopic (exact) mass is 319 g/mol. The second-order valence-electron chi connectivity index (χ2n) is 4.85. The van der Waals surface area contributed by atoms with E-state index >= 15 is 0 Å². The van der Waals surface area contributed by atoms with Crippen molar-refractivity contribution in [2.45, 2.75) is 13.8 Å². The second-order valence-corrected chi connectivity index (χ2v) is 4.85. The molecule has 1 heterocycles. The molecule has 0 bridgehead atoms. The Kier molecular flexibility index (Phi) is 4.59. The summed E-state index contributed by atoms with van der Waals surface area (Å²) >= 11 is 0. The summed E-state index contributed by atoms with van der Waals surface area (Å²) in [6.45, 7) is 3.41. The third kappa shape index (κ3) is 3.28. The second kappa shape index (κ2) is 6.43. The predicted molar refractivity (Wildman–Crippen MR) is 82.6 cm³/mol. The maximum absolute atomic E-state index is 12.4. The predicted octanol–water partition coefficient (Wildman–Crippen LogP) is 2.86. The van der Waals surface area contributed by atoms with Crippen molar-refractivity contribution in [2.75, 3.05) is 19.5 Å². The molecule has 0 aliphatic rings. The number of hydrogen-bond acceptors (Lipinski definition) is 5. The summed E-state index contributed by atoms with van der Waals surface area (Å²) in [7, 11) is 2.79. The van der Waals surface area contributed by atoms with Gasteiger partial charge in [0.05, 0.1) is 31.0 Å². The number of aromatic carboxylic acids is 1. The zero-order chi connectivity index (χ0) is 17.1. The maximum Gasteiger partial charge on any atom is 0.335 e. The number of anilines is 1. The van der Waals surface area contributed by atoms with E-state index in [1.807, 2.05) is 0 Å². The van der Waals surface area contributed by atoms with E-state index in [0.717, 1.165) is 0 Å². The Morgan fingerprint density at radius 1 is 1.13 bits per heavy atom. The lowest BCUT2D eigenvalue weighted by Gasteiger charge is -2.14. The van der Waals surface area contributed by atoms with Gasteiger partial charge in [0.2, 0.25) is 0 Å². The van der Waals surface area contributed by atoms with Gasteiger partial charge in [-0.05, 0) is 32.0 Å². The average molecular weight is 319 g/mol. The summed E-state index contributed by atoms with van der Waals surface area (Å²) in [6, 6.07) is 4.24. The molecule has 23 heavy (non-hydrogen) atoms. The lowest BCUT2D eigenvalue weighted by molar-refractivity contribution is 0.0696. The smallest absolute Gasteiger partial charge is 0.335 e. The molecule has 1 aromatic carbocycles. The summed E-state index contributed by atoms with van der Waals surface area (Å²) in [6.07, 6.45) is 0. The maximum atomic E-state index is 12.4. The van der Waals surface area contributed by atoms with Gasteiger partial charge in [0.1, 0.15) is 11.5 Å². The Bertz CT molecular complexity index is 762. The SMILES string of the molecule is COc1cc(C(=O)O)cc(NC(=O)c2cc(C)oc2C)c1OC. The Morgan fingerprint density at radius 3 is 2.30 bits per heavy atom. The number of carbonyl (C=O) groups is 2. The van der Waals surface area contributed by atoms with Crippen molar-refractivity contribution in [2.24, 2.45) is 0 Å².